The number of hydrogen-bond donors (Lipinski definition) is 2. The maximum atomic E-state index is 9.27. The van der Waals surface area contributed by atoms with Gasteiger partial charge in [-0.25, -0.2) is 15.0 Å². The second-order valence-electron chi connectivity index (χ2n) is 9.06. The number of halogens is 2. The molecule has 4 aromatic rings. The van der Waals surface area contributed by atoms with Gasteiger partial charge in [0.1, 0.15) is 5.82 Å². The van der Waals surface area contributed by atoms with Crippen molar-refractivity contribution >= 4 is 40.6 Å². The minimum absolute atomic E-state index is 0.379. The Morgan fingerprint density at radius 3 is 2.49 bits per heavy atom. The number of hydrogen-bond acceptors (Lipinski definition) is 8. The van der Waals surface area contributed by atoms with E-state index in [1.54, 1.807) is 29.0 Å². The van der Waals surface area contributed by atoms with E-state index in [0.29, 0.717) is 39.4 Å². The number of aromatic nitrogens is 5. The SMILES string of the molecule is Cc1cc(NCCN(c2ncccn2)C2CCNCC2)n2nc(C)c(-c3c(Cl)cc(C#N)cc3Cl)c2n1. The Balaban J connectivity index is 1.45. The molecule has 0 spiro atoms. The molecule has 0 bridgehead atoms. The molecule has 0 saturated carbocycles. The molecule has 0 aliphatic carbocycles. The average molecular weight is 536 g/mol. The van der Waals surface area contributed by atoms with Gasteiger partial charge in [0.25, 0.3) is 0 Å². The third kappa shape index (κ3) is 5.18. The third-order valence-electron chi connectivity index (χ3n) is 6.53. The van der Waals surface area contributed by atoms with Crippen LogP contribution in [-0.4, -0.2) is 56.8 Å². The van der Waals surface area contributed by atoms with E-state index in [0.717, 1.165) is 61.2 Å². The third-order valence-corrected chi connectivity index (χ3v) is 7.13. The van der Waals surface area contributed by atoms with E-state index in [1.807, 2.05) is 26.0 Å². The van der Waals surface area contributed by atoms with Crippen molar-refractivity contribution in [1.29, 1.82) is 5.26 Å². The molecule has 0 unspecified atom stereocenters. The highest BCUT2D eigenvalue weighted by Gasteiger charge is 2.24. The van der Waals surface area contributed by atoms with Crippen LogP contribution in [0.25, 0.3) is 16.8 Å². The van der Waals surface area contributed by atoms with E-state index in [1.165, 1.54) is 0 Å². The lowest BCUT2D eigenvalue weighted by molar-refractivity contribution is 0.428. The summed E-state index contributed by atoms with van der Waals surface area (Å²) in [6, 6.07) is 9.50. The lowest BCUT2D eigenvalue weighted by atomic mass is 10.0. The van der Waals surface area contributed by atoms with Crippen LogP contribution in [0, 0.1) is 25.2 Å². The fraction of sp³-hybridized carbons (Fsp3) is 0.346. The first-order valence-corrected chi connectivity index (χ1v) is 13.0. The lowest BCUT2D eigenvalue weighted by Gasteiger charge is -2.34. The second kappa shape index (κ2) is 10.9. The number of benzene rings is 1. The summed E-state index contributed by atoms with van der Waals surface area (Å²) >= 11 is 13.1. The fourth-order valence-electron chi connectivity index (χ4n) is 4.85. The van der Waals surface area contributed by atoms with Crippen LogP contribution in [-0.2, 0) is 0 Å². The molecule has 1 fully saturated rings. The Kier molecular flexibility index (Phi) is 7.42. The van der Waals surface area contributed by atoms with Crippen molar-refractivity contribution in [1.82, 2.24) is 29.9 Å². The maximum absolute atomic E-state index is 9.27. The van der Waals surface area contributed by atoms with Crippen LogP contribution in [0.5, 0.6) is 0 Å². The Labute approximate surface area is 225 Å². The smallest absolute Gasteiger partial charge is 0.225 e. The van der Waals surface area contributed by atoms with Crippen molar-refractivity contribution in [3.8, 4) is 17.2 Å². The predicted molar refractivity (Wildman–Crippen MR) is 146 cm³/mol. The number of anilines is 2. The molecule has 2 N–H and O–H groups in total. The summed E-state index contributed by atoms with van der Waals surface area (Å²) in [6.07, 6.45) is 5.66. The van der Waals surface area contributed by atoms with E-state index in [-0.39, 0.29) is 0 Å². The highest BCUT2D eigenvalue weighted by Crippen LogP contribution is 2.39. The Bertz CT molecular complexity index is 1430. The van der Waals surface area contributed by atoms with Gasteiger partial charge in [-0.15, -0.1) is 0 Å². The van der Waals surface area contributed by atoms with Crippen LogP contribution in [0.15, 0.2) is 36.7 Å². The van der Waals surface area contributed by atoms with Crippen molar-refractivity contribution < 1.29 is 0 Å². The Hall–Kier alpha value is -3.45. The van der Waals surface area contributed by atoms with Crippen molar-refractivity contribution in [3.05, 3.63) is 63.7 Å². The van der Waals surface area contributed by atoms with Crippen LogP contribution >= 0.6 is 23.2 Å². The highest BCUT2D eigenvalue weighted by molar-refractivity contribution is 6.39. The molecular weight excluding hydrogens is 509 g/mol. The minimum atomic E-state index is 0.379. The molecule has 11 heteroatoms. The van der Waals surface area contributed by atoms with Crippen LogP contribution in [0.3, 0.4) is 0 Å². The van der Waals surface area contributed by atoms with Gasteiger partial charge in [-0.3, -0.25) is 0 Å². The van der Waals surface area contributed by atoms with Gasteiger partial charge in [-0.2, -0.15) is 14.9 Å². The monoisotopic (exact) mass is 535 g/mol. The molecule has 3 aromatic heterocycles. The normalized spacial score (nSPS) is 14.0. The molecule has 1 saturated heterocycles. The van der Waals surface area contributed by atoms with Crippen molar-refractivity contribution in [2.24, 2.45) is 0 Å². The van der Waals surface area contributed by atoms with Gasteiger partial charge < -0.3 is 15.5 Å². The summed E-state index contributed by atoms with van der Waals surface area (Å²) in [5.74, 6) is 1.56. The van der Waals surface area contributed by atoms with Crippen molar-refractivity contribution in [2.75, 3.05) is 36.4 Å². The predicted octanol–water partition coefficient (Wildman–Crippen LogP) is 4.65. The molecule has 5 rings (SSSR count). The number of piperidine rings is 1. The van der Waals surface area contributed by atoms with Gasteiger partial charge in [0.2, 0.25) is 5.95 Å². The summed E-state index contributed by atoms with van der Waals surface area (Å²) in [5.41, 5.74) is 4.00. The number of nitrogens with one attached hydrogen (secondary N) is 2. The van der Waals surface area contributed by atoms with Crippen LogP contribution in [0.2, 0.25) is 10.0 Å². The summed E-state index contributed by atoms with van der Waals surface area (Å²) in [6.45, 7) is 7.21. The van der Waals surface area contributed by atoms with E-state index in [2.05, 4.69) is 31.6 Å². The number of aryl methyl sites for hydroxylation is 2. The molecule has 37 heavy (non-hydrogen) atoms. The summed E-state index contributed by atoms with van der Waals surface area (Å²) in [5, 5.41) is 21.8. The molecular formula is C26H27Cl2N9. The molecule has 0 radical (unpaired) electrons. The highest BCUT2D eigenvalue weighted by atomic mass is 35.5. The standard InChI is InChI=1S/C26H27Cl2N9/c1-16-12-22(31-10-11-36(19-4-8-30-9-5-19)26-32-6-3-7-33-26)37-25(34-16)23(17(2)35-37)24-20(27)13-18(15-29)14-21(24)28/h3,6-7,12-14,19,30-31H,4-5,8-11H2,1-2H3. The van der Waals surface area contributed by atoms with Crippen LogP contribution in [0.4, 0.5) is 11.8 Å². The maximum Gasteiger partial charge on any atom is 0.225 e. The number of nitrogens with zero attached hydrogens (tertiary/aromatic N) is 7. The first kappa shape index (κ1) is 25.2. The van der Waals surface area contributed by atoms with E-state index in [4.69, 9.17) is 33.3 Å². The topological polar surface area (TPSA) is 107 Å². The van der Waals surface area contributed by atoms with E-state index in [9.17, 15) is 5.26 Å². The molecule has 9 nitrogen and oxygen atoms in total. The molecule has 0 amide bonds. The second-order valence-corrected chi connectivity index (χ2v) is 9.87. The lowest BCUT2D eigenvalue weighted by Crippen LogP contribution is -2.45. The van der Waals surface area contributed by atoms with E-state index < -0.39 is 0 Å². The molecule has 190 valence electrons. The molecule has 0 atom stereocenters. The van der Waals surface area contributed by atoms with Gasteiger partial charge in [0, 0.05) is 48.8 Å². The minimum Gasteiger partial charge on any atom is -0.368 e. The van der Waals surface area contributed by atoms with Crippen LogP contribution in [0.1, 0.15) is 29.8 Å². The number of rotatable bonds is 7. The number of nitriles is 1. The molecule has 1 aliphatic heterocycles. The van der Waals surface area contributed by atoms with Crippen molar-refractivity contribution in [2.45, 2.75) is 32.7 Å². The Morgan fingerprint density at radius 2 is 1.81 bits per heavy atom. The summed E-state index contributed by atoms with van der Waals surface area (Å²) in [7, 11) is 0. The first-order valence-electron chi connectivity index (χ1n) is 12.2. The Morgan fingerprint density at radius 1 is 1.11 bits per heavy atom. The van der Waals surface area contributed by atoms with Gasteiger partial charge in [0.15, 0.2) is 5.65 Å². The zero-order chi connectivity index (χ0) is 25.9. The van der Waals surface area contributed by atoms with Gasteiger partial charge in [-0.1, -0.05) is 23.2 Å². The zero-order valence-electron chi connectivity index (χ0n) is 20.7. The first-order chi connectivity index (χ1) is 18.0. The van der Waals surface area contributed by atoms with Crippen LogP contribution < -0.4 is 15.5 Å². The molecule has 4 heterocycles. The van der Waals surface area contributed by atoms with Gasteiger partial charge in [0.05, 0.1) is 32.9 Å². The summed E-state index contributed by atoms with van der Waals surface area (Å²) < 4.78 is 1.79. The molecule has 1 aliphatic rings. The zero-order valence-corrected chi connectivity index (χ0v) is 22.2. The fourth-order valence-corrected chi connectivity index (χ4v) is 5.52. The van der Waals surface area contributed by atoms with Crippen molar-refractivity contribution in [3.63, 3.8) is 0 Å². The quantitative estimate of drug-likeness (QED) is 0.352. The van der Waals surface area contributed by atoms with E-state index >= 15 is 0 Å². The average Bonchev–Trinajstić information content (AvgIpc) is 3.22. The summed E-state index contributed by atoms with van der Waals surface area (Å²) in [4.78, 5) is 16.1. The van der Waals surface area contributed by atoms with Gasteiger partial charge in [-0.05, 0) is 58.0 Å². The number of fused-ring (bicyclic) bond motifs is 1. The van der Waals surface area contributed by atoms with Gasteiger partial charge >= 0.3 is 0 Å². The molecule has 1 aromatic carbocycles. The largest absolute Gasteiger partial charge is 0.368 e.